The van der Waals surface area contributed by atoms with Crippen LogP contribution in [-0.4, -0.2) is 46.0 Å². The van der Waals surface area contributed by atoms with Crippen LogP contribution >= 0.6 is 0 Å². The predicted octanol–water partition coefficient (Wildman–Crippen LogP) is -2.38. The third-order valence-electron chi connectivity index (χ3n) is 1.39. The summed E-state index contributed by atoms with van der Waals surface area (Å²) in [4.78, 5) is 10.6. The highest BCUT2D eigenvalue weighted by molar-refractivity contribution is 5.85. The van der Waals surface area contributed by atoms with Crippen molar-refractivity contribution in [2.75, 3.05) is 6.61 Å². The van der Waals surface area contributed by atoms with Gasteiger partial charge in [-0.05, 0) is 6.92 Å². The number of aliphatic hydroxyl groups excluding tert-OH is 3. The highest BCUT2D eigenvalue weighted by Gasteiger charge is 2.25. The number of aliphatic hydroxyl groups is 3. The molecule has 0 fully saturated rings. The van der Waals surface area contributed by atoms with Gasteiger partial charge in [0.25, 0.3) is 0 Å². The van der Waals surface area contributed by atoms with Crippen molar-refractivity contribution in [3.05, 3.63) is 0 Å². The predicted molar refractivity (Wildman–Crippen MR) is 37.8 cm³/mol. The average molecular weight is 163 g/mol. The Morgan fingerprint density at radius 2 is 2.00 bits per heavy atom. The second-order valence-corrected chi connectivity index (χ2v) is 2.38. The number of carbonyl (C=O) groups is 1. The fourth-order valence-corrected chi connectivity index (χ4v) is 0.596. The van der Waals surface area contributed by atoms with Gasteiger partial charge in [-0.15, -0.1) is 0 Å². The fourth-order valence-electron chi connectivity index (χ4n) is 0.596. The SMILES string of the molecule is C[C@H](O)[C@@H](O)[C@@H](N)C(=O)CO. The maximum Gasteiger partial charge on any atom is 0.177 e. The van der Waals surface area contributed by atoms with E-state index in [0.29, 0.717) is 0 Å². The first-order chi connectivity index (χ1) is 5.00. The molecule has 0 saturated heterocycles. The number of hydrogen-bond donors (Lipinski definition) is 4. The lowest BCUT2D eigenvalue weighted by Gasteiger charge is -2.18. The molecular formula is C6H13NO4. The zero-order valence-corrected chi connectivity index (χ0v) is 6.27. The Bertz CT molecular complexity index is 137. The molecule has 0 unspecified atom stereocenters. The molecule has 0 aromatic rings. The van der Waals surface area contributed by atoms with E-state index < -0.39 is 30.6 Å². The van der Waals surface area contributed by atoms with Crippen LogP contribution in [0.5, 0.6) is 0 Å². The summed E-state index contributed by atoms with van der Waals surface area (Å²) in [5, 5.41) is 26.1. The van der Waals surface area contributed by atoms with Gasteiger partial charge >= 0.3 is 0 Å². The molecule has 0 radical (unpaired) electrons. The summed E-state index contributed by atoms with van der Waals surface area (Å²) in [5.74, 6) is -0.682. The Kier molecular flexibility index (Phi) is 4.20. The zero-order chi connectivity index (χ0) is 9.02. The number of ketones is 1. The molecule has 0 amide bonds. The van der Waals surface area contributed by atoms with Gasteiger partial charge < -0.3 is 21.1 Å². The molecule has 11 heavy (non-hydrogen) atoms. The van der Waals surface area contributed by atoms with E-state index in [-0.39, 0.29) is 0 Å². The van der Waals surface area contributed by atoms with Gasteiger partial charge in [0.1, 0.15) is 12.7 Å². The molecule has 0 spiro atoms. The van der Waals surface area contributed by atoms with Gasteiger partial charge in [-0.3, -0.25) is 4.79 Å². The summed E-state index contributed by atoms with van der Waals surface area (Å²) in [7, 11) is 0. The van der Waals surface area contributed by atoms with E-state index >= 15 is 0 Å². The molecule has 5 heteroatoms. The molecule has 0 heterocycles. The van der Waals surface area contributed by atoms with Crippen molar-refractivity contribution in [3.63, 3.8) is 0 Å². The lowest BCUT2D eigenvalue weighted by Crippen LogP contribution is -2.48. The van der Waals surface area contributed by atoms with Crippen LogP contribution in [-0.2, 0) is 4.79 Å². The minimum atomic E-state index is -1.31. The van der Waals surface area contributed by atoms with Gasteiger partial charge in [-0.25, -0.2) is 0 Å². The van der Waals surface area contributed by atoms with Crippen LogP contribution in [0.2, 0.25) is 0 Å². The van der Waals surface area contributed by atoms with Crippen molar-refractivity contribution in [1.82, 2.24) is 0 Å². The third kappa shape index (κ3) is 2.94. The monoisotopic (exact) mass is 163 g/mol. The Balaban J connectivity index is 4.01. The van der Waals surface area contributed by atoms with Crippen LogP contribution in [0, 0.1) is 0 Å². The fraction of sp³-hybridized carbons (Fsp3) is 0.833. The summed E-state index contributed by atoms with van der Waals surface area (Å²) < 4.78 is 0. The van der Waals surface area contributed by atoms with Crippen molar-refractivity contribution >= 4 is 5.78 Å². The number of Topliss-reactive ketones (excluding diaryl/α,β-unsaturated/α-hetero) is 1. The molecule has 66 valence electrons. The molecule has 0 aliphatic carbocycles. The van der Waals surface area contributed by atoms with Crippen LogP contribution in [0.1, 0.15) is 6.92 Å². The number of nitrogens with two attached hydrogens (primary N) is 1. The smallest absolute Gasteiger partial charge is 0.177 e. The molecule has 0 aromatic carbocycles. The van der Waals surface area contributed by atoms with E-state index in [1.807, 2.05) is 0 Å². The summed E-state index contributed by atoms with van der Waals surface area (Å²) in [6.45, 7) is 0.597. The Labute approximate surface area is 64.4 Å². The second-order valence-electron chi connectivity index (χ2n) is 2.38. The largest absolute Gasteiger partial charge is 0.391 e. The minimum Gasteiger partial charge on any atom is -0.391 e. The topological polar surface area (TPSA) is 104 Å². The van der Waals surface area contributed by atoms with Gasteiger partial charge in [-0.1, -0.05) is 0 Å². The molecule has 5 N–H and O–H groups in total. The number of rotatable bonds is 4. The highest BCUT2D eigenvalue weighted by atomic mass is 16.3. The molecule has 0 rings (SSSR count). The first-order valence-corrected chi connectivity index (χ1v) is 3.26. The van der Waals surface area contributed by atoms with Crippen molar-refractivity contribution in [2.24, 2.45) is 5.73 Å². The van der Waals surface area contributed by atoms with Crippen LogP contribution in [0.4, 0.5) is 0 Å². The van der Waals surface area contributed by atoms with Gasteiger partial charge in [0, 0.05) is 0 Å². The van der Waals surface area contributed by atoms with E-state index in [4.69, 9.17) is 21.1 Å². The van der Waals surface area contributed by atoms with Crippen molar-refractivity contribution in [1.29, 1.82) is 0 Å². The quantitative estimate of drug-likeness (QED) is 0.370. The number of hydrogen-bond acceptors (Lipinski definition) is 5. The van der Waals surface area contributed by atoms with Gasteiger partial charge in [0.05, 0.1) is 12.1 Å². The molecule has 0 aliphatic rings. The van der Waals surface area contributed by atoms with Gasteiger partial charge in [-0.2, -0.15) is 0 Å². The first-order valence-electron chi connectivity index (χ1n) is 3.26. The molecule has 0 bridgehead atoms. The van der Waals surface area contributed by atoms with Crippen molar-refractivity contribution in [3.8, 4) is 0 Å². The molecule has 3 atom stereocenters. The van der Waals surface area contributed by atoms with E-state index in [2.05, 4.69) is 0 Å². The zero-order valence-electron chi connectivity index (χ0n) is 6.27. The Morgan fingerprint density at radius 3 is 2.27 bits per heavy atom. The molecule has 0 aliphatic heterocycles. The van der Waals surface area contributed by atoms with Gasteiger partial charge in [0.2, 0.25) is 0 Å². The van der Waals surface area contributed by atoms with E-state index in [1.54, 1.807) is 0 Å². The Hall–Kier alpha value is -0.490. The summed E-state index contributed by atoms with van der Waals surface area (Å²) in [6.07, 6.45) is -2.38. The summed E-state index contributed by atoms with van der Waals surface area (Å²) in [6, 6.07) is -1.21. The lowest BCUT2D eigenvalue weighted by molar-refractivity contribution is -0.127. The highest BCUT2D eigenvalue weighted by Crippen LogP contribution is 1.97. The average Bonchev–Trinajstić information content (AvgIpc) is 2.00. The molecular weight excluding hydrogens is 150 g/mol. The van der Waals surface area contributed by atoms with Crippen LogP contribution in [0.3, 0.4) is 0 Å². The molecule has 0 saturated carbocycles. The van der Waals surface area contributed by atoms with E-state index in [9.17, 15) is 4.79 Å². The van der Waals surface area contributed by atoms with Gasteiger partial charge in [0.15, 0.2) is 5.78 Å². The minimum absolute atomic E-state index is 0.682. The molecule has 5 nitrogen and oxygen atoms in total. The van der Waals surface area contributed by atoms with E-state index in [1.165, 1.54) is 6.92 Å². The van der Waals surface area contributed by atoms with Crippen LogP contribution in [0.25, 0.3) is 0 Å². The number of carbonyl (C=O) groups excluding carboxylic acids is 1. The first kappa shape index (κ1) is 10.5. The maximum absolute atomic E-state index is 10.6. The third-order valence-corrected chi connectivity index (χ3v) is 1.39. The maximum atomic E-state index is 10.6. The lowest BCUT2D eigenvalue weighted by atomic mass is 10.0. The molecule has 0 aromatic heterocycles. The van der Waals surface area contributed by atoms with Crippen LogP contribution in [0.15, 0.2) is 0 Å². The summed E-state index contributed by atoms with van der Waals surface area (Å²) >= 11 is 0. The van der Waals surface area contributed by atoms with Crippen molar-refractivity contribution in [2.45, 2.75) is 25.2 Å². The second kappa shape index (κ2) is 4.40. The van der Waals surface area contributed by atoms with E-state index in [0.717, 1.165) is 0 Å². The van der Waals surface area contributed by atoms with Crippen LogP contribution < -0.4 is 5.73 Å². The Morgan fingerprint density at radius 1 is 1.55 bits per heavy atom. The van der Waals surface area contributed by atoms with Crippen molar-refractivity contribution < 1.29 is 20.1 Å². The normalized spacial score (nSPS) is 19.0. The summed E-state index contributed by atoms with van der Waals surface area (Å²) in [5.41, 5.74) is 5.15. The standard InChI is InChI=1S/C6H13NO4/c1-3(9)6(11)5(7)4(10)2-8/h3,5-6,8-9,11H,2,7H2,1H3/t3-,5-,6+/m0/s1.